The zero-order chi connectivity index (χ0) is 10.1. The predicted molar refractivity (Wildman–Crippen MR) is 48.2 cm³/mol. The molecule has 0 aromatic carbocycles. The Morgan fingerprint density at radius 1 is 1.79 bits per heavy atom. The molecular weight excluding hydrogens is 182 g/mol. The number of rotatable bonds is 2. The summed E-state index contributed by atoms with van der Waals surface area (Å²) in [7, 11) is 0. The van der Waals surface area contributed by atoms with E-state index in [9.17, 15) is 9.90 Å². The Labute approximate surface area is 81.0 Å². The van der Waals surface area contributed by atoms with E-state index < -0.39 is 5.97 Å². The molecule has 14 heavy (non-hydrogen) atoms. The number of aromatic nitrogens is 2. The van der Waals surface area contributed by atoms with E-state index in [1.165, 1.54) is 0 Å². The molecular formula is C9H10N3O2-. The Morgan fingerprint density at radius 2 is 2.57 bits per heavy atom. The topological polar surface area (TPSA) is 70.0 Å². The zero-order valence-corrected chi connectivity index (χ0v) is 7.78. The summed E-state index contributed by atoms with van der Waals surface area (Å²) < 4.78 is 1.60. The maximum atomic E-state index is 10.8. The van der Waals surface area contributed by atoms with E-state index in [-0.39, 0.29) is 12.1 Å². The molecule has 1 aromatic rings. The molecule has 1 aliphatic rings. The average molecular weight is 192 g/mol. The molecule has 1 aliphatic heterocycles. The normalized spacial score (nSPS) is 14.9. The Balaban J connectivity index is 2.39. The smallest absolute Gasteiger partial charge is 0.128 e. The lowest BCUT2D eigenvalue weighted by atomic mass is 10.1. The average Bonchev–Trinajstić information content (AvgIpc) is 2.62. The van der Waals surface area contributed by atoms with Gasteiger partial charge in [-0.25, -0.2) is 4.68 Å². The van der Waals surface area contributed by atoms with Crippen LogP contribution in [0.2, 0.25) is 0 Å². The van der Waals surface area contributed by atoms with E-state index in [0.717, 1.165) is 5.82 Å². The molecule has 0 bridgehead atoms. The number of carbonyl (C=O) groups is 1. The van der Waals surface area contributed by atoms with Crippen LogP contribution in [0.25, 0.3) is 0 Å². The minimum absolute atomic E-state index is 0.279. The number of hydrogen-bond donors (Lipinski definition) is 1. The van der Waals surface area contributed by atoms with E-state index in [0.29, 0.717) is 12.1 Å². The van der Waals surface area contributed by atoms with Crippen molar-refractivity contribution in [2.45, 2.75) is 19.9 Å². The largest absolute Gasteiger partial charge is 0.545 e. The van der Waals surface area contributed by atoms with Crippen LogP contribution in [0.3, 0.4) is 0 Å². The number of allylic oxidation sites excluding steroid dienone is 1. The van der Waals surface area contributed by atoms with Crippen LogP contribution in [0.1, 0.15) is 13.3 Å². The van der Waals surface area contributed by atoms with Gasteiger partial charge in [0, 0.05) is 17.3 Å². The third-order valence-electron chi connectivity index (χ3n) is 2.27. The van der Waals surface area contributed by atoms with E-state index in [1.54, 1.807) is 10.9 Å². The highest BCUT2D eigenvalue weighted by Crippen LogP contribution is 2.21. The highest BCUT2D eigenvalue weighted by atomic mass is 16.4. The zero-order valence-electron chi connectivity index (χ0n) is 7.78. The fourth-order valence-electron chi connectivity index (χ4n) is 1.53. The molecule has 0 amide bonds. The van der Waals surface area contributed by atoms with Crippen molar-refractivity contribution in [1.29, 1.82) is 0 Å². The van der Waals surface area contributed by atoms with Gasteiger partial charge in [0.05, 0.1) is 18.7 Å². The maximum absolute atomic E-state index is 10.8. The summed E-state index contributed by atoms with van der Waals surface area (Å²) in [4.78, 5) is 10.8. The Bertz CT molecular complexity index is 406. The Kier molecular flexibility index (Phi) is 1.99. The summed E-state index contributed by atoms with van der Waals surface area (Å²) in [6, 6.07) is 1.81. The van der Waals surface area contributed by atoms with Gasteiger partial charge in [0.25, 0.3) is 0 Å². The van der Waals surface area contributed by atoms with Crippen molar-refractivity contribution in [1.82, 2.24) is 9.78 Å². The molecule has 5 nitrogen and oxygen atoms in total. The Hall–Kier alpha value is -1.78. The molecule has 1 aromatic heterocycles. The van der Waals surface area contributed by atoms with Gasteiger partial charge >= 0.3 is 0 Å². The van der Waals surface area contributed by atoms with Crippen molar-refractivity contribution in [3.05, 3.63) is 23.5 Å². The molecule has 5 heteroatoms. The number of nitrogens with one attached hydrogen (secondary N) is 1. The fourth-order valence-corrected chi connectivity index (χ4v) is 1.53. The summed E-state index contributed by atoms with van der Waals surface area (Å²) in [6.45, 7) is 2.18. The molecule has 1 N–H and O–H groups in total. The van der Waals surface area contributed by atoms with E-state index >= 15 is 0 Å². The van der Waals surface area contributed by atoms with Crippen LogP contribution in [-0.2, 0) is 11.3 Å². The predicted octanol–water partition coefficient (Wildman–Crippen LogP) is -0.277. The number of aliphatic carboxylic acids is 1. The summed E-state index contributed by atoms with van der Waals surface area (Å²) in [6.07, 6.45) is 2.28. The second-order valence-corrected chi connectivity index (χ2v) is 3.10. The maximum Gasteiger partial charge on any atom is 0.128 e. The van der Waals surface area contributed by atoms with Gasteiger partial charge in [-0.2, -0.15) is 5.10 Å². The van der Waals surface area contributed by atoms with Crippen molar-refractivity contribution in [3.8, 4) is 0 Å². The van der Waals surface area contributed by atoms with Crippen LogP contribution in [0, 0.1) is 0 Å². The first kappa shape index (κ1) is 8.80. The number of carboxylic acids is 1. The molecule has 2 rings (SSSR count). The van der Waals surface area contributed by atoms with Crippen LogP contribution in [0.5, 0.6) is 0 Å². The summed E-state index contributed by atoms with van der Waals surface area (Å²) in [5, 5.41) is 17.8. The molecule has 0 unspecified atom stereocenters. The number of nitrogens with zero attached hydrogens (tertiary/aromatic N) is 2. The molecule has 0 fully saturated rings. The Morgan fingerprint density at radius 3 is 3.21 bits per heavy atom. The van der Waals surface area contributed by atoms with Gasteiger partial charge in [-0.3, -0.25) is 0 Å². The molecule has 0 spiro atoms. The van der Waals surface area contributed by atoms with Crippen molar-refractivity contribution in [2.24, 2.45) is 0 Å². The van der Waals surface area contributed by atoms with Gasteiger partial charge in [-0.15, -0.1) is 0 Å². The summed E-state index contributed by atoms with van der Waals surface area (Å²) in [5.41, 5.74) is 0.988. The standard InChI is InChI=1S/C9H11N3O2/c1-2-7-6(9(13)14)5-12-8(11-7)3-4-10-12/h3-4,11H,2,5H2,1H3,(H,13,14)/p-1. The third kappa shape index (κ3) is 1.26. The highest BCUT2D eigenvalue weighted by molar-refractivity contribution is 5.87. The molecule has 74 valence electrons. The number of fused-ring (bicyclic) bond motifs is 1. The van der Waals surface area contributed by atoms with Crippen LogP contribution in [-0.4, -0.2) is 15.7 Å². The number of anilines is 1. The van der Waals surface area contributed by atoms with E-state index in [4.69, 9.17) is 0 Å². The molecule has 0 saturated carbocycles. The lowest BCUT2D eigenvalue weighted by Gasteiger charge is -2.23. The lowest BCUT2D eigenvalue weighted by Crippen LogP contribution is -2.32. The van der Waals surface area contributed by atoms with Crippen molar-refractivity contribution >= 4 is 11.8 Å². The second-order valence-electron chi connectivity index (χ2n) is 3.10. The first-order valence-electron chi connectivity index (χ1n) is 4.44. The van der Waals surface area contributed by atoms with Gasteiger partial charge < -0.3 is 15.2 Å². The summed E-state index contributed by atoms with van der Waals surface area (Å²) >= 11 is 0. The van der Waals surface area contributed by atoms with E-state index in [2.05, 4.69) is 10.4 Å². The highest BCUT2D eigenvalue weighted by Gasteiger charge is 2.16. The van der Waals surface area contributed by atoms with Gasteiger partial charge in [0.2, 0.25) is 0 Å². The van der Waals surface area contributed by atoms with Crippen molar-refractivity contribution in [2.75, 3.05) is 5.32 Å². The quantitative estimate of drug-likeness (QED) is 0.699. The number of carbonyl (C=O) groups excluding carboxylic acids is 1. The lowest BCUT2D eigenvalue weighted by molar-refractivity contribution is -0.299. The fraction of sp³-hybridized carbons (Fsp3) is 0.333. The summed E-state index contributed by atoms with van der Waals surface area (Å²) in [5.74, 6) is -0.303. The monoisotopic (exact) mass is 192 g/mol. The minimum atomic E-state index is -1.13. The minimum Gasteiger partial charge on any atom is -0.545 e. The van der Waals surface area contributed by atoms with Crippen LogP contribution < -0.4 is 10.4 Å². The third-order valence-corrected chi connectivity index (χ3v) is 2.27. The van der Waals surface area contributed by atoms with Gasteiger partial charge in [0.15, 0.2) is 0 Å². The second kappa shape index (κ2) is 3.17. The van der Waals surface area contributed by atoms with Crippen LogP contribution >= 0.6 is 0 Å². The first-order chi connectivity index (χ1) is 6.72. The van der Waals surface area contributed by atoms with Gasteiger partial charge in [0.1, 0.15) is 5.82 Å². The molecule has 2 heterocycles. The van der Waals surface area contributed by atoms with Gasteiger partial charge in [-0.05, 0) is 6.42 Å². The molecule has 0 saturated heterocycles. The molecule has 0 atom stereocenters. The van der Waals surface area contributed by atoms with E-state index in [1.807, 2.05) is 13.0 Å². The SMILES string of the molecule is CCC1=C(C(=O)[O-])Cn2nccc2N1. The molecule has 0 radical (unpaired) electrons. The van der Waals surface area contributed by atoms with Gasteiger partial charge in [-0.1, -0.05) is 6.92 Å². The molecule has 0 aliphatic carbocycles. The van der Waals surface area contributed by atoms with Crippen LogP contribution in [0.15, 0.2) is 23.5 Å². The van der Waals surface area contributed by atoms with Crippen molar-refractivity contribution < 1.29 is 9.90 Å². The number of carboxylic acid groups (broad SMARTS) is 1. The first-order valence-corrected chi connectivity index (χ1v) is 4.44. The number of hydrogen-bond acceptors (Lipinski definition) is 4. The van der Waals surface area contributed by atoms with Crippen LogP contribution in [0.4, 0.5) is 5.82 Å². The van der Waals surface area contributed by atoms with Crippen molar-refractivity contribution in [3.63, 3.8) is 0 Å².